The summed E-state index contributed by atoms with van der Waals surface area (Å²) < 4.78 is 1.88. The van der Waals surface area contributed by atoms with Crippen molar-refractivity contribution in [1.82, 2.24) is 19.7 Å². The van der Waals surface area contributed by atoms with Crippen LogP contribution in [0.5, 0.6) is 0 Å². The molecule has 1 aliphatic heterocycles. The minimum atomic E-state index is -0.248. The van der Waals surface area contributed by atoms with E-state index in [1.54, 1.807) is 6.07 Å². The average molecular weight is 430 g/mol. The van der Waals surface area contributed by atoms with Crippen molar-refractivity contribution in [3.8, 4) is 6.07 Å². The normalized spacial score (nSPS) is 15.4. The Labute approximate surface area is 187 Å². The number of fused-ring (bicyclic) bond motifs is 1. The molecule has 1 N–H and O–H groups in total. The second kappa shape index (κ2) is 8.79. The Balaban J connectivity index is 1.46. The number of carbonyl (C=O) groups excluding carboxylic acids is 1. The third-order valence-corrected chi connectivity index (χ3v) is 5.74. The minimum absolute atomic E-state index is 0.0119. The zero-order chi connectivity index (χ0) is 22.8. The number of carbonyl (C=O) groups is 1. The van der Waals surface area contributed by atoms with Crippen LogP contribution in [0.3, 0.4) is 0 Å². The van der Waals surface area contributed by atoms with E-state index in [0.717, 1.165) is 34.9 Å². The van der Waals surface area contributed by atoms with E-state index in [1.807, 2.05) is 68.0 Å². The zero-order valence-corrected chi connectivity index (χ0v) is 18.8. The van der Waals surface area contributed by atoms with Gasteiger partial charge in [0.05, 0.1) is 30.1 Å². The summed E-state index contributed by atoms with van der Waals surface area (Å²) in [4.78, 5) is 23.9. The minimum Gasteiger partial charge on any atom is -0.346 e. The zero-order valence-electron chi connectivity index (χ0n) is 18.8. The topological polar surface area (TPSA) is 99.7 Å². The number of hydrogen-bond acceptors (Lipinski definition) is 6. The smallest absolute Gasteiger partial charge is 0.247 e. The highest BCUT2D eigenvalue weighted by Crippen LogP contribution is 2.33. The number of anilines is 2. The number of benzene rings is 1. The molecule has 3 heterocycles. The molecule has 1 aromatic carbocycles. The lowest BCUT2D eigenvalue weighted by molar-refractivity contribution is -0.118. The number of nitrogens with zero attached hydrogens (tertiary/aromatic N) is 6. The van der Waals surface area contributed by atoms with E-state index < -0.39 is 0 Å². The van der Waals surface area contributed by atoms with Crippen molar-refractivity contribution in [3.63, 3.8) is 0 Å². The number of hydrogen-bond donors (Lipinski definition) is 1. The Hall–Kier alpha value is -3.73. The van der Waals surface area contributed by atoms with Crippen molar-refractivity contribution in [3.05, 3.63) is 64.9 Å². The Morgan fingerprint density at radius 1 is 1.22 bits per heavy atom. The van der Waals surface area contributed by atoms with Crippen LogP contribution >= 0.6 is 0 Å². The summed E-state index contributed by atoms with van der Waals surface area (Å²) >= 11 is 0. The van der Waals surface area contributed by atoms with Crippen molar-refractivity contribution in [2.45, 2.75) is 46.2 Å². The van der Waals surface area contributed by atoms with E-state index in [0.29, 0.717) is 24.2 Å². The molecule has 0 saturated carbocycles. The van der Waals surface area contributed by atoms with Gasteiger partial charge in [-0.1, -0.05) is 26.0 Å². The summed E-state index contributed by atoms with van der Waals surface area (Å²) in [6, 6.07) is 9.47. The van der Waals surface area contributed by atoms with Gasteiger partial charge in [0.1, 0.15) is 17.6 Å². The van der Waals surface area contributed by atoms with Crippen LogP contribution < -0.4 is 10.2 Å². The van der Waals surface area contributed by atoms with Crippen molar-refractivity contribution >= 4 is 17.4 Å². The van der Waals surface area contributed by atoms with E-state index in [9.17, 15) is 4.79 Å². The maximum Gasteiger partial charge on any atom is 0.247 e. The van der Waals surface area contributed by atoms with Crippen molar-refractivity contribution in [2.24, 2.45) is 5.92 Å². The second-order valence-corrected chi connectivity index (χ2v) is 8.57. The number of nitrogens with one attached hydrogen (secondary N) is 1. The Bertz CT molecular complexity index is 1190. The largest absolute Gasteiger partial charge is 0.346 e. The fraction of sp³-hybridized carbons (Fsp3) is 0.375. The fourth-order valence-electron chi connectivity index (χ4n) is 4.19. The highest BCUT2D eigenvalue weighted by Gasteiger charge is 2.35. The van der Waals surface area contributed by atoms with Gasteiger partial charge in [-0.15, -0.1) is 0 Å². The quantitative estimate of drug-likeness (QED) is 0.646. The van der Waals surface area contributed by atoms with Crippen LogP contribution in [0.2, 0.25) is 0 Å². The molecule has 0 bridgehead atoms. The van der Waals surface area contributed by atoms with Crippen LogP contribution in [-0.2, 0) is 24.2 Å². The molecule has 2 aromatic heterocycles. The Kier molecular flexibility index (Phi) is 5.91. The first-order valence-corrected chi connectivity index (χ1v) is 10.8. The summed E-state index contributed by atoms with van der Waals surface area (Å²) in [6.07, 6.45) is 5.32. The van der Waals surface area contributed by atoms with Gasteiger partial charge < -0.3 is 10.2 Å². The lowest BCUT2D eigenvalue weighted by Gasteiger charge is -2.36. The molecule has 0 saturated heterocycles. The molecule has 1 atom stereocenters. The number of likely N-dealkylation sites (N-methyl/N-ethyl adjacent to an activating group) is 1. The van der Waals surface area contributed by atoms with Gasteiger partial charge in [0.15, 0.2) is 5.82 Å². The first-order chi connectivity index (χ1) is 15.4. The maximum absolute atomic E-state index is 12.5. The number of rotatable bonds is 6. The third-order valence-electron chi connectivity index (χ3n) is 5.74. The molecule has 0 aliphatic carbocycles. The Morgan fingerprint density at radius 3 is 2.78 bits per heavy atom. The molecule has 0 spiro atoms. The number of aryl methyl sites for hydroxylation is 3. The number of nitriles is 1. The lowest BCUT2D eigenvalue weighted by Crippen LogP contribution is -2.49. The van der Waals surface area contributed by atoms with Crippen LogP contribution in [0.1, 0.15) is 42.1 Å². The van der Waals surface area contributed by atoms with Crippen LogP contribution in [-0.4, -0.2) is 38.7 Å². The monoisotopic (exact) mass is 429 g/mol. The molecule has 0 fully saturated rings. The molecule has 164 valence electrons. The molecule has 8 nitrogen and oxygen atoms in total. The van der Waals surface area contributed by atoms with Crippen molar-refractivity contribution in [1.29, 1.82) is 5.26 Å². The molecule has 8 heteroatoms. The molecule has 4 rings (SSSR count). The van der Waals surface area contributed by atoms with E-state index in [2.05, 4.69) is 21.5 Å². The fourth-order valence-corrected chi connectivity index (χ4v) is 4.19. The predicted octanol–water partition coefficient (Wildman–Crippen LogP) is 3.10. The second-order valence-electron chi connectivity index (χ2n) is 8.57. The summed E-state index contributed by atoms with van der Waals surface area (Å²) in [6.45, 7) is 6.59. The van der Waals surface area contributed by atoms with Gasteiger partial charge in [-0.3, -0.25) is 9.48 Å². The molecule has 32 heavy (non-hydrogen) atoms. The first kappa shape index (κ1) is 21.5. The molecular formula is C24H27N7O. The van der Waals surface area contributed by atoms with Gasteiger partial charge in [-0.05, 0) is 42.5 Å². The number of aromatic nitrogens is 4. The van der Waals surface area contributed by atoms with Crippen molar-refractivity contribution < 1.29 is 4.79 Å². The third kappa shape index (κ3) is 4.33. The summed E-state index contributed by atoms with van der Waals surface area (Å²) in [7, 11) is 1.92. The molecule has 0 radical (unpaired) electrons. The standard InChI is InChI=1S/C24H27N7O/c1-15(2)22-24(32)29-21-16(3)27-20(28-23(21)30(22)4)9-8-19-12-26-31(14-19)13-18-7-5-6-17(10-18)11-25/h5-7,10,12,14-15,22H,8-9,13H2,1-4H3,(H,29,32)/t22-/m0/s1. The van der Waals surface area contributed by atoms with Gasteiger partial charge in [0.25, 0.3) is 0 Å². The first-order valence-electron chi connectivity index (χ1n) is 10.8. The highest BCUT2D eigenvalue weighted by molar-refractivity contribution is 6.03. The molecular weight excluding hydrogens is 402 g/mol. The van der Waals surface area contributed by atoms with E-state index in [4.69, 9.17) is 10.2 Å². The summed E-state index contributed by atoms with van der Waals surface area (Å²) in [5, 5.41) is 16.5. The predicted molar refractivity (Wildman–Crippen MR) is 122 cm³/mol. The molecule has 3 aromatic rings. The van der Waals surface area contributed by atoms with E-state index >= 15 is 0 Å². The van der Waals surface area contributed by atoms with E-state index in [-0.39, 0.29) is 17.9 Å². The molecule has 1 aliphatic rings. The van der Waals surface area contributed by atoms with Gasteiger partial charge >= 0.3 is 0 Å². The van der Waals surface area contributed by atoms with Gasteiger partial charge in [0.2, 0.25) is 5.91 Å². The van der Waals surface area contributed by atoms with E-state index in [1.165, 1.54) is 0 Å². The molecule has 1 amide bonds. The van der Waals surface area contributed by atoms with Crippen LogP contribution in [0.15, 0.2) is 36.7 Å². The maximum atomic E-state index is 12.5. The van der Waals surface area contributed by atoms with Crippen molar-refractivity contribution in [2.75, 3.05) is 17.3 Å². The summed E-state index contributed by atoms with van der Waals surface area (Å²) in [5.41, 5.74) is 4.26. The van der Waals surface area contributed by atoms with Crippen LogP contribution in [0, 0.1) is 24.2 Å². The van der Waals surface area contributed by atoms with Gasteiger partial charge in [0, 0.05) is 19.7 Å². The van der Waals surface area contributed by atoms with Crippen LogP contribution in [0.4, 0.5) is 11.5 Å². The average Bonchev–Trinajstić information content (AvgIpc) is 3.20. The lowest BCUT2D eigenvalue weighted by atomic mass is 9.99. The van der Waals surface area contributed by atoms with Crippen LogP contribution in [0.25, 0.3) is 0 Å². The highest BCUT2D eigenvalue weighted by atomic mass is 16.2. The van der Waals surface area contributed by atoms with Gasteiger partial charge in [-0.2, -0.15) is 10.4 Å². The Morgan fingerprint density at radius 2 is 2.03 bits per heavy atom. The SMILES string of the molecule is Cc1nc(CCc2cnn(Cc3cccc(C#N)c3)c2)nc2c1NC(=O)[C@H](C(C)C)N2C. The van der Waals surface area contributed by atoms with Gasteiger partial charge in [-0.25, -0.2) is 9.97 Å². The summed E-state index contributed by atoms with van der Waals surface area (Å²) in [5.74, 6) is 1.69. The number of amides is 1. The molecule has 0 unspecified atom stereocenters.